The number of methoxy groups -OCH3 is 2. The van der Waals surface area contributed by atoms with Gasteiger partial charge in [0.15, 0.2) is 5.88 Å². The Kier molecular flexibility index (Phi) is 2.85. The fourth-order valence-electron chi connectivity index (χ4n) is 0.701. The molecule has 68 valence electrons. The average Bonchev–Trinajstić information content (AvgIpc) is 2.01. The molecule has 1 heterocycles. The molecule has 1 aliphatic heterocycles. The van der Waals surface area contributed by atoms with Crippen molar-refractivity contribution >= 4 is 33.6 Å². The van der Waals surface area contributed by atoms with Crippen LogP contribution < -0.4 is 5.32 Å². The van der Waals surface area contributed by atoms with E-state index in [-0.39, 0.29) is 0 Å². The van der Waals surface area contributed by atoms with E-state index in [1.165, 1.54) is 14.2 Å². The maximum atomic E-state index is 5.87. The van der Waals surface area contributed by atoms with Gasteiger partial charge in [-0.3, -0.25) is 5.32 Å². The number of hydrogen-bond donors (Lipinski definition) is 1. The summed E-state index contributed by atoms with van der Waals surface area (Å²) in [4.78, 5) is 3.94. The summed E-state index contributed by atoms with van der Waals surface area (Å²) in [7, 11) is 3.02. The number of rotatable bonds is 1. The second kappa shape index (κ2) is 3.53. The van der Waals surface area contributed by atoms with Crippen LogP contribution in [0.4, 0.5) is 0 Å². The Balaban J connectivity index is 2.83. The van der Waals surface area contributed by atoms with Gasteiger partial charge in [-0.15, -0.1) is 0 Å². The lowest BCUT2D eigenvalue weighted by molar-refractivity contribution is 0.258. The fourth-order valence-corrected chi connectivity index (χ4v) is 1.25. The number of nitrogens with zero attached hydrogens (tertiary/aromatic N) is 1. The molecule has 0 saturated carbocycles. The number of ether oxygens (including phenoxy) is 2. The Bertz CT molecular complexity index is 218. The van der Waals surface area contributed by atoms with E-state index < -0.39 is 3.91 Å². The fraction of sp³-hybridized carbons (Fsp3) is 0.500. The van der Waals surface area contributed by atoms with E-state index in [1.807, 2.05) is 0 Å². The van der Waals surface area contributed by atoms with Gasteiger partial charge in [0.25, 0.3) is 6.02 Å². The van der Waals surface area contributed by atoms with E-state index >= 15 is 0 Å². The monoisotopic (exact) mass is 254 g/mol. The normalized spacial score (nSPS) is 28.3. The molecular weight excluding hydrogens is 247 g/mol. The zero-order chi connectivity index (χ0) is 9.19. The summed E-state index contributed by atoms with van der Waals surface area (Å²) in [6.45, 7) is 0. The Hall–Kier alpha value is -0.420. The molecule has 1 N–H and O–H groups in total. The Morgan fingerprint density at radius 2 is 2.25 bits per heavy atom. The summed E-state index contributed by atoms with van der Waals surface area (Å²) in [6.07, 6.45) is 1.58. The van der Waals surface area contributed by atoms with E-state index in [0.717, 1.165) is 0 Å². The second-order valence-corrected chi connectivity index (χ2v) is 4.29. The van der Waals surface area contributed by atoms with Crippen LogP contribution in [-0.2, 0) is 9.47 Å². The molecule has 1 atom stereocenters. The highest BCUT2D eigenvalue weighted by atomic mass is 79.9. The van der Waals surface area contributed by atoms with Crippen LogP contribution in [0.3, 0.4) is 0 Å². The van der Waals surface area contributed by atoms with Gasteiger partial charge in [-0.25, -0.2) is 0 Å². The molecule has 4 nitrogen and oxygen atoms in total. The summed E-state index contributed by atoms with van der Waals surface area (Å²) in [5, 5.41) is 2.76. The summed E-state index contributed by atoms with van der Waals surface area (Å²) in [6, 6.07) is 0.307. The zero-order valence-electron chi connectivity index (χ0n) is 6.60. The Morgan fingerprint density at radius 1 is 1.58 bits per heavy atom. The second-order valence-electron chi connectivity index (χ2n) is 2.05. The summed E-state index contributed by atoms with van der Waals surface area (Å²) in [5.41, 5.74) is 0. The largest absolute Gasteiger partial charge is 0.482 e. The van der Waals surface area contributed by atoms with Crippen LogP contribution >= 0.6 is 27.5 Å². The molecule has 0 fully saturated rings. The predicted molar refractivity (Wildman–Crippen MR) is 50.2 cm³/mol. The van der Waals surface area contributed by atoms with Gasteiger partial charge in [0.05, 0.1) is 14.2 Å². The SMILES string of the molecule is COC1=CC(Cl)(Br)N=C(OC)N1. The quantitative estimate of drug-likeness (QED) is 0.568. The molecule has 0 aromatic heterocycles. The number of nitrogens with one attached hydrogen (secondary N) is 1. The van der Waals surface area contributed by atoms with E-state index in [0.29, 0.717) is 11.9 Å². The van der Waals surface area contributed by atoms with Crippen LogP contribution in [0, 0.1) is 0 Å². The van der Waals surface area contributed by atoms with Crippen LogP contribution in [0.1, 0.15) is 0 Å². The molecule has 12 heavy (non-hydrogen) atoms. The van der Waals surface area contributed by atoms with Crippen LogP contribution in [0.2, 0.25) is 0 Å². The third-order valence-corrected chi connectivity index (χ3v) is 1.80. The first-order chi connectivity index (χ1) is 5.57. The summed E-state index contributed by atoms with van der Waals surface area (Å²) in [5.74, 6) is 0.494. The van der Waals surface area contributed by atoms with Gasteiger partial charge in [-0.1, -0.05) is 11.6 Å². The number of alkyl halides is 2. The third-order valence-electron chi connectivity index (χ3n) is 1.20. The van der Waals surface area contributed by atoms with Gasteiger partial charge in [0.2, 0.25) is 3.91 Å². The maximum absolute atomic E-state index is 5.87. The topological polar surface area (TPSA) is 42.9 Å². The minimum Gasteiger partial charge on any atom is -0.482 e. The lowest BCUT2D eigenvalue weighted by Crippen LogP contribution is -2.33. The molecular formula is C6H8BrClN2O2. The lowest BCUT2D eigenvalue weighted by atomic mass is 10.5. The maximum Gasteiger partial charge on any atom is 0.294 e. The number of hydrogen-bond acceptors (Lipinski definition) is 4. The zero-order valence-corrected chi connectivity index (χ0v) is 8.94. The minimum absolute atomic E-state index is 0.307. The molecule has 6 heteroatoms. The van der Waals surface area contributed by atoms with Gasteiger partial charge in [0, 0.05) is 6.08 Å². The molecule has 0 aromatic carbocycles. The van der Waals surface area contributed by atoms with Crippen molar-refractivity contribution in [1.29, 1.82) is 0 Å². The van der Waals surface area contributed by atoms with E-state index in [4.69, 9.17) is 21.1 Å². The molecule has 0 saturated heterocycles. The van der Waals surface area contributed by atoms with E-state index in [1.54, 1.807) is 6.08 Å². The molecule has 0 aromatic rings. The highest BCUT2D eigenvalue weighted by Gasteiger charge is 2.26. The molecule has 0 radical (unpaired) electrons. The standard InChI is InChI=1S/C6H8BrClN2O2/c1-11-4-3-6(7,8)10-5(9-4)12-2/h3H,1-2H3,(H,9,10). The van der Waals surface area contributed by atoms with Crippen molar-refractivity contribution in [1.82, 2.24) is 5.32 Å². The van der Waals surface area contributed by atoms with Crippen LogP contribution in [0.5, 0.6) is 0 Å². The minimum atomic E-state index is -0.977. The first-order valence-electron chi connectivity index (χ1n) is 3.13. The van der Waals surface area contributed by atoms with Crippen molar-refractivity contribution in [2.24, 2.45) is 4.99 Å². The smallest absolute Gasteiger partial charge is 0.294 e. The number of aliphatic imine (C=N–C) groups is 1. The van der Waals surface area contributed by atoms with Crippen LogP contribution in [-0.4, -0.2) is 24.1 Å². The van der Waals surface area contributed by atoms with Crippen LogP contribution in [0.25, 0.3) is 0 Å². The van der Waals surface area contributed by atoms with Gasteiger partial charge in [-0.05, 0) is 15.9 Å². The van der Waals surface area contributed by atoms with Crippen molar-refractivity contribution in [3.05, 3.63) is 12.0 Å². The van der Waals surface area contributed by atoms with Gasteiger partial charge in [0.1, 0.15) is 0 Å². The predicted octanol–water partition coefficient (Wildman–Crippen LogP) is 1.37. The average molecular weight is 255 g/mol. The van der Waals surface area contributed by atoms with Gasteiger partial charge < -0.3 is 9.47 Å². The van der Waals surface area contributed by atoms with Gasteiger partial charge >= 0.3 is 0 Å². The van der Waals surface area contributed by atoms with Crippen molar-refractivity contribution in [3.8, 4) is 0 Å². The van der Waals surface area contributed by atoms with E-state index in [2.05, 4.69) is 26.2 Å². The van der Waals surface area contributed by atoms with E-state index in [9.17, 15) is 0 Å². The Morgan fingerprint density at radius 3 is 2.75 bits per heavy atom. The highest BCUT2D eigenvalue weighted by molar-refractivity contribution is 9.10. The molecule has 0 amide bonds. The summed E-state index contributed by atoms with van der Waals surface area (Å²) < 4.78 is 8.82. The Labute approximate surface area is 83.7 Å². The molecule has 1 rings (SSSR count). The molecule has 0 bridgehead atoms. The van der Waals surface area contributed by atoms with Crippen molar-refractivity contribution in [2.75, 3.05) is 14.2 Å². The van der Waals surface area contributed by atoms with Gasteiger partial charge in [-0.2, -0.15) is 4.99 Å². The number of halogens is 2. The summed E-state index contributed by atoms with van der Waals surface area (Å²) >= 11 is 9.03. The molecule has 0 spiro atoms. The van der Waals surface area contributed by atoms with Crippen LogP contribution in [0.15, 0.2) is 17.0 Å². The van der Waals surface area contributed by atoms with Crippen molar-refractivity contribution in [2.45, 2.75) is 3.91 Å². The van der Waals surface area contributed by atoms with Crippen molar-refractivity contribution < 1.29 is 9.47 Å². The van der Waals surface area contributed by atoms with Crippen molar-refractivity contribution in [3.63, 3.8) is 0 Å². The lowest BCUT2D eigenvalue weighted by Gasteiger charge is -2.21. The molecule has 1 unspecified atom stereocenters. The first-order valence-corrected chi connectivity index (χ1v) is 4.30. The number of amidine groups is 1. The molecule has 0 aliphatic carbocycles. The molecule has 1 aliphatic rings. The first kappa shape index (κ1) is 9.67. The third kappa shape index (κ3) is 2.28. The highest BCUT2D eigenvalue weighted by Crippen LogP contribution is 2.30.